The van der Waals surface area contributed by atoms with Crippen LogP contribution in [0.15, 0.2) is 15.7 Å². The molecule has 0 bridgehead atoms. The van der Waals surface area contributed by atoms with E-state index in [2.05, 4.69) is 18.9 Å². The van der Waals surface area contributed by atoms with E-state index in [0.29, 0.717) is 5.69 Å². The molecule has 0 amide bonds. The monoisotopic (exact) mass is 210 g/mol. The second kappa shape index (κ2) is 5.07. The van der Waals surface area contributed by atoms with Crippen LogP contribution in [-0.2, 0) is 0 Å². The molecule has 0 N–H and O–H groups in total. The summed E-state index contributed by atoms with van der Waals surface area (Å²) in [5, 5.41) is 0. The molecule has 0 heterocycles. The van der Waals surface area contributed by atoms with Crippen LogP contribution < -0.4 is 15.8 Å². The summed E-state index contributed by atoms with van der Waals surface area (Å²) in [6, 6.07) is 1.40. The molecule has 15 heavy (non-hydrogen) atoms. The van der Waals surface area contributed by atoms with Crippen molar-refractivity contribution in [3.05, 3.63) is 26.5 Å². The lowest BCUT2D eigenvalue weighted by atomic mass is 10.2. The van der Waals surface area contributed by atoms with E-state index in [0.717, 1.165) is 26.1 Å². The molecule has 1 aromatic carbocycles. The molecule has 0 saturated carbocycles. The highest BCUT2D eigenvalue weighted by Gasteiger charge is 2.13. The van der Waals surface area contributed by atoms with Gasteiger partial charge in [0.2, 0.25) is 10.9 Å². The van der Waals surface area contributed by atoms with Gasteiger partial charge in [0.15, 0.2) is 0 Å². The summed E-state index contributed by atoms with van der Waals surface area (Å²) in [6.45, 7) is 4.88. The third kappa shape index (κ3) is 2.89. The lowest BCUT2D eigenvalue weighted by molar-refractivity contribution is 0.342. The van der Waals surface area contributed by atoms with Crippen LogP contribution in [0.3, 0.4) is 0 Å². The van der Waals surface area contributed by atoms with Crippen molar-refractivity contribution in [2.75, 3.05) is 38.6 Å². The van der Waals surface area contributed by atoms with Crippen molar-refractivity contribution in [3.8, 4) is 0 Å². The van der Waals surface area contributed by atoms with Gasteiger partial charge < -0.3 is 9.80 Å². The molecule has 0 spiro atoms. The summed E-state index contributed by atoms with van der Waals surface area (Å²) in [5.74, 6) is 0. The highest BCUT2D eigenvalue weighted by Crippen LogP contribution is 2.03. The minimum Gasteiger partial charge on any atom is -0.370 e. The third-order valence-electron chi connectivity index (χ3n) is 2.56. The number of anilines is 1. The zero-order valence-corrected chi connectivity index (χ0v) is 9.62. The number of hydrogen-bond donors (Lipinski definition) is 0. The first-order valence-electron chi connectivity index (χ1n) is 5.26. The van der Waals surface area contributed by atoms with Gasteiger partial charge in [-0.3, -0.25) is 9.59 Å². The van der Waals surface area contributed by atoms with Gasteiger partial charge in [-0.05, 0) is 20.0 Å². The maximum atomic E-state index is 11.1. The Bertz CT molecular complexity index is 380. The molecule has 0 atom stereocenters. The lowest BCUT2D eigenvalue weighted by Gasteiger charge is -2.23. The minimum absolute atomic E-state index is 0.351. The normalized spacial score (nSPS) is 11.2. The first-order valence-corrected chi connectivity index (χ1v) is 5.26. The van der Waals surface area contributed by atoms with Crippen LogP contribution in [0, 0.1) is 0 Å². The van der Waals surface area contributed by atoms with E-state index in [4.69, 9.17) is 0 Å². The Hall–Kier alpha value is -1.16. The average molecular weight is 210 g/mol. The van der Waals surface area contributed by atoms with Crippen LogP contribution >= 0.6 is 0 Å². The van der Waals surface area contributed by atoms with Crippen LogP contribution in [0.1, 0.15) is 13.3 Å². The molecule has 1 rings (SSSR count). The molecule has 4 heteroatoms. The van der Waals surface area contributed by atoms with Gasteiger partial charge in [0.1, 0.15) is 0 Å². The number of likely N-dealkylation sites (N-methyl/N-ethyl adjacent to an activating group) is 2. The molecule has 0 saturated heterocycles. The molecule has 4 nitrogen and oxygen atoms in total. The van der Waals surface area contributed by atoms with Crippen molar-refractivity contribution in [1.29, 1.82) is 0 Å². The van der Waals surface area contributed by atoms with Crippen molar-refractivity contribution in [2.24, 2.45) is 0 Å². The summed E-state index contributed by atoms with van der Waals surface area (Å²) in [7, 11) is 3.90. The Morgan fingerprint density at radius 3 is 2.27 bits per heavy atom. The Morgan fingerprint density at radius 2 is 1.80 bits per heavy atom. The van der Waals surface area contributed by atoms with Crippen molar-refractivity contribution >= 4 is 5.69 Å². The van der Waals surface area contributed by atoms with E-state index in [9.17, 15) is 9.59 Å². The average Bonchev–Trinajstić information content (AvgIpc) is 2.22. The molecule has 0 radical (unpaired) electrons. The number of hydrogen-bond acceptors (Lipinski definition) is 4. The largest absolute Gasteiger partial charge is 0.370 e. The Morgan fingerprint density at radius 1 is 1.13 bits per heavy atom. The topological polar surface area (TPSA) is 40.6 Å². The molecule has 0 aliphatic rings. The SMILES string of the molecule is CCCN(C)CCN(C)c1cc(=O)c1=O. The molecule has 0 aliphatic heterocycles. The van der Waals surface area contributed by atoms with Crippen molar-refractivity contribution in [2.45, 2.75) is 13.3 Å². The predicted molar refractivity (Wildman–Crippen MR) is 62.4 cm³/mol. The second-order valence-corrected chi connectivity index (χ2v) is 3.95. The van der Waals surface area contributed by atoms with Crippen LogP contribution in [-0.4, -0.2) is 38.6 Å². The summed E-state index contributed by atoms with van der Waals surface area (Å²) < 4.78 is 0. The van der Waals surface area contributed by atoms with E-state index in [1.165, 1.54) is 6.07 Å². The van der Waals surface area contributed by atoms with Crippen LogP contribution in [0.2, 0.25) is 0 Å². The van der Waals surface area contributed by atoms with Gasteiger partial charge in [0.25, 0.3) is 0 Å². The van der Waals surface area contributed by atoms with Gasteiger partial charge in [-0.25, -0.2) is 0 Å². The minimum atomic E-state index is -0.376. The molecule has 0 unspecified atom stereocenters. The standard InChI is InChI=1S/C11H18N2O2/c1-4-5-12(2)6-7-13(3)9-8-10(14)11(9)15/h8H,4-7H2,1-3H3. The highest BCUT2D eigenvalue weighted by atomic mass is 16.2. The van der Waals surface area contributed by atoms with Crippen molar-refractivity contribution in [3.63, 3.8) is 0 Å². The maximum Gasteiger partial charge on any atom is 0.249 e. The van der Waals surface area contributed by atoms with Gasteiger partial charge in [-0.2, -0.15) is 0 Å². The first-order chi connectivity index (χ1) is 7.06. The third-order valence-corrected chi connectivity index (χ3v) is 2.56. The predicted octanol–water partition coefficient (Wildman–Crippen LogP) is 0.0606. The van der Waals surface area contributed by atoms with Crippen LogP contribution in [0.5, 0.6) is 0 Å². The summed E-state index contributed by atoms with van der Waals surface area (Å²) >= 11 is 0. The summed E-state index contributed by atoms with van der Waals surface area (Å²) in [6.07, 6.45) is 1.13. The quantitative estimate of drug-likeness (QED) is 0.623. The van der Waals surface area contributed by atoms with E-state index in [1.807, 2.05) is 11.9 Å². The molecule has 0 fully saturated rings. The van der Waals surface area contributed by atoms with E-state index in [-0.39, 0.29) is 10.9 Å². The fourth-order valence-electron chi connectivity index (χ4n) is 1.52. The number of rotatable bonds is 6. The van der Waals surface area contributed by atoms with E-state index in [1.54, 1.807) is 0 Å². The number of nitrogens with zero attached hydrogens (tertiary/aromatic N) is 2. The van der Waals surface area contributed by atoms with E-state index < -0.39 is 0 Å². The van der Waals surface area contributed by atoms with Gasteiger partial charge in [0, 0.05) is 26.2 Å². The zero-order valence-electron chi connectivity index (χ0n) is 9.62. The first kappa shape index (κ1) is 11.9. The van der Waals surface area contributed by atoms with E-state index >= 15 is 0 Å². The maximum absolute atomic E-state index is 11.1. The fourth-order valence-corrected chi connectivity index (χ4v) is 1.52. The van der Waals surface area contributed by atoms with Gasteiger partial charge in [-0.15, -0.1) is 0 Å². The smallest absolute Gasteiger partial charge is 0.249 e. The Labute approximate surface area is 89.8 Å². The molecule has 1 aromatic rings. The molecule has 84 valence electrons. The molecule has 0 aromatic heterocycles. The van der Waals surface area contributed by atoms with Crippen molar-refractivity contribution < 1.29 is 0 Å². The van der Waals surface area contributed by atoms with Crippen LogP contribution in [0.25, 0.3) is 0 Å². The van der Waals surface area contributed by atoms with Gasteiger partial charge in [0.05, 0.1) is 5.69 Å². The summed E-state index contributed by atoms with van der Waals surface area (Å²) in [5.41, 5.74) is -0.181. The Kier molecular flexibility index (Phi) is 4.03. The fraction of sp³-hybridized carbons (Fsp3) is 0.636. The molecular weight excluding hydrogens is 192 g/mol. The van der Waals surface area contributed by atoms with Crippen LogP contribution in [0.4, 0.5) is 5.69 Å². The highest BCUT2D eigenvalue weighted by molar-refractivity contribution is 5.49. The Balaban J connectivity index is 2.38. The zero-order chi connectivity index (χ0) is 11.4. The summed E-state index contributed by atoms with van der Waals surface area (Å²) in [4.78, 5) is 25.9. The van der Waals surface area contributed by atoms with Crippen molar-refractivity contribution in [1.82, 2.24) is 4.90 Å². The lowest BCUT2D eigenvalue weighted by Crippen LogP contribution is -2.40. The second-order valence-electron chi connectivity index (χ2n) is 3.95. The molecule has 0 aliphatic carbocycles. The van der Waals surface area contributed by atoms with Gasteiger partial charge >= 0.3 is 0 Å². The molecular formula is C11H18N2O2. The van der Waals surface area contributed by atoms with Gasteiger partial charge in [-0.1, -0.05) is 6.92 Å².